The zero-order chi connectivity index (χ0) is 20.7. The summed E-state index contributed by atoms with van der Waals surface area (Å²) in [4.78, 5) is 50.5. The van der Waals surface area contributed by atoms with Crippen molar-refractivity contribution < 1.29 is 9.59 Å². The number of anilines is 3. The summed E-state index contributed by atoms with van der Waals surface area (Å²) in [5, 5.41) is 3.08. The lowest BCUT2D eigenvalue weighted by atomic mass is 10.1. The van der Waals surface area contributed by atoms with E-state index in [4.69, 9.17) is 5.73 Å². The fraction of sp³-hybridized carbons (Fsp3) is 0.368. The van der Waals surface area contributed by atoms with Gasteiger partial charge in [0.2, 0.25) is 5.91 Å². The molecular weight excluding hydrogens is 362 g/mol. The number of hydrogen-bond donors (Lipinski definition) is 2. The number of amides is 1. The topological polar surface area (TPSA) is 119 Å². The van der Waals surface area contributed by atoms with Crippen LogP contribution < -0.4 is 27.2 Å². The van der Waals surface area contributed by atoms with Crippen LogP contribution in [0.15, 0.2) is 27.8 Å². The van der Waals surface area contributed by atoms with Gasteiger partial charge in [-0.2, -0.15) is 0 Å². The van der Waals surface area contributed by atoms with Crippen molar-refractivity contribution in [1.29, 1.82) is 0 Å². The van der Waals surface area contributed by atoms with Crippen molar-refractivity contribution in [3.8, 4) is 0 Å². The Kier molecular flexibility index (Phi) is 4.84. The summed E-state index contributed by atoms with van der Waals surface area (Å²) in [5.74, 6) is -0.665. The highest BCUT2D eigenvalue weighted by molar-refractivity contribution is 6.04. The highest BCUT2D eigenvalue weighted by Crippen LogP contribution is 2.30. The fourth-order valence-electron chi connectivity index (χ4n) is 3.44. The van der Waals surface area contributed by atoms with Crippen LogP contribution in [0.2, 0.25) is 0 Å². The summed E-state index contributed by atoms with van der Waals surface area (Å²) in [6, 6.07) is 4.77. The van der Waals surface area contributed by atoms with E-state index in [1.807, 2.05) is 12.1 Å². The molecule has 1 aromatic carbocycles. The van der Waals surface area contributed by atoms with E-state index in [9.17, 15) is 19.2 Å². The number of rotatable bonds is 4. The first-order valence-corrected chi connectivity index (χ1v) is 8.90. The molecule has 2 aromatic rings. The molecule has 0 spiro atoms. The van der Waals surface area contributed by atoms with Crippen molar-refractivity contribution in [1.82, 2.24) is 9.13 Å². The van der Waals surface area contributed by atoms with Gasteiger partial charge < -0.3 is 16.0 Å². The van der Waals surface area contributed by atoms with Crippen LogP contribution in [0.25, 0.3) is 0 Å². The van der Waals surface area contributed by atoms with Gasteiger partial charge in [0.15, 0.2) is 5.78 Å². The highest BCUT2D eigenvalue weighted by Gasteiger charge is 2.26. The minimum atomic E-state index is -0.740. The number of carbonyl (C=O) groups is 2. The number of nitrogens with zero attached hydrogens (tertiary/aromatic N) is 3. The molecule has 1 atom stereocenters. The van der Waals surface area contributed by atoms with Crippen LogP contribution in [0.3, 0.4) is 0 Å². The van der Waals surface area contributed by atoms with Crippen LogP contribution in [0.1, 0.15) is 29.8 Å². The molecule has 148 valence electrons. The Labute approximate surface area is 161 Å². The molecule has 0 unspecified atom stereocenters. The van der Waals surface area contributed by atoms with Crippen molar-refractivity contribution in [2.24, 2.45) is 14.1 Å². The van der Waals surface area contributed by atoms with E-state index in [1.54, 1.807) is 17.9 Å². The third kappa shape index (κ3) is 3.08. The zero-order valence-electron chi connectivity index (χ0n) is 16.3. The van der Waals surface area contributed by atoms with Gasteiger partial charge >= 0.3 is 5.69 Å². The van der Waals surface area contributed by atoms with Crippen LogP contribution in [0.4, 0.5) is 17.2 Å². The second-order valence-electron chi connectivity index (χ2n) is 6.96. The molecule has 9 nitrogen and oxygen atoms in total. The molecule has 1 aromatic heterocycles. The van der Waals surface area contributed by atoms with Gasteiger partial charge in [-0.05, 0) is 37.1 Å². The number of fused-ring (bicyclic) bond motifs is 1. The maximum atomic E-state index is 12.9. The molecule has 28 heavy (non-hydrogen) atoms. The largest absolute Gasteiger partial charge is 0.384 e. The normalized spacial score (nSPS) is 13.9. The van der Waals surface area contributed by atoms with Gasteiger partial charge in [-0.25, -0.2) is 4.79 Å². The van der Waals surface area contributed by atoms with Gasteiger partial charge in [0.05, 0.1) is 6.04 Å². The Hall–Kier alpha value is -3.36. The van der Waals surface area contributed by atoms with E-state index >= 15 is 0 Å². The molecule has 1 aliphatic rings. The molecule has 9 heteroatoms. The first-order valence-electron chi connectivity index (χ1n) is 8.90. The summed E-state index contributed by atoms with van der Waals surface area (Å²) in [5.41, 5.74) is 6.92. The Morgan fingerprint density at radius 2 is 1.86 bits per heavy atom. The molecule has 0 radical (unpaired) electrons. The van der Waals surface area contributed by atoms with Crippen molar-refractivity contribution in [3.05, 3.63) is 50.2 Å². The SMILES string of the molecule is CC(=O)N1CCc2cc(N[C@H](C)C(=O)c3c(N)n(C)c(=O)n(C)c3=O)ccc21. The van der Waals surface area contributed by atoms with Crippen LogP contribution in [0, 0.1) is 0 Å². The van der Waals surface area contributed by atoms with Crippen LogP contribution in [-0.2, 0) is 25.3 Å². The van der Waals surface area contributed by atoms with E-state index in [2.05, 4.69) is 5.32 Å². The van der Waals surface area contributed by atoms with E-state index in [1.165, 1.54) is 21.0 Å². The predicted molar refractivity (Wildman–Crippen MR) is 107 cm³/mol. The predicted octanol–water partition coefficient (Wildman–Crippen LogP) is 0.259. The standard InChI is InChI=1S/C19H23N5O4/c1-10(16(26)15-17(20)22(3)19(28)23(4)18(15)27)21-13-5-6-14-12(9-13)7-8-24(14)11(2)25/h5-6,9-10,21H,7-8,20H2,1-4H3/t10-/m1/s1. The van der Waals surface area contributed by atoms with E-state index < -0.39 is 23.1 Å². The molecular formula is C19H23N5O4. The zero-order valence-corrected chi connectivity index (χ0v) is 16.3. The lowest BCUT2D eigenvalue weighted by Crippen LogP contribution is -2.43. The minimum Gasteiger partial charge on any atom is -0.384 e. The molecule has 1 aliphatic heterocycles. The number of ketones is 1. The number of nitrogen functional groups attached to an aromatic ring is 1. The Balaban J connectivity index is 1.88. The number of hydrogen-bond acceptors (Lipinski definition) is 6. The van der Waals surface area contributed by atoms with Crippen molar-refractivity contribution >= 4 is 28.9 Å². The Morgan fingerprint density at radius 3 is 2.50 bits per heavy atom. The number of nitrogens with two attached hydrogens (primary N) is 1. The van der Waals surface area contributed by atoms with Gasteiger partial charge in [-0.15, -0.1) is 0 Å². The van der Waals surface area contributed by atoms with Gasteiger partial charge in [0, 0.05) is 38.9 Å². The van der Waals surface area contributed by atoms with Crippen molar-refractivity contribution in [3.63, 3.8) is 0 Å². The molecule has 1 amide bonds. The molecule has 3 N–H and O–H groups in total. The second-order valence-corrected chi connectivity index (χ2v) is 6.96. The minimum absolute atomic E-state index is 0.0102. The second kappa shape index (κ2) is 6.99. The monoisotopic (exact) mass is 385 g/mol. The van der Waals surface area contributed by atoms with Crippen molar-refractivity contribution in [2.45, 2.75) is 26.3 Å². The van der Waals surface area contributed by atoms with Gasteiger partial charge in [-0.1, -0.05) is 0 Å². The fourth-order valence-corrected chi connectivity index (χ4v) is 3.44. The molecule has 3 rings (SSSR count). The van der Waals surface area contributed by atoms with Crippen LogP contribution >= 0.6 is 0 Å². The molecule has 2 heterocycles. The number of benzene rings is 1. The summed E-state index contributed by atoms with van der Waals surface area (Å²) in [7, 11) is 2.72. The van der Waals surface area contributed by atoms with Gasteiger partial charge in [0.25, 0.3) is 5.56 Å². The average Bonchev–Trinajstić information content (AvgIpc) is 3.08. The highest BCUT2D eigenvalue weighted by atomic mass is 16.2. The smallest absolute Gasteiger partial charge is 0.332 e. The summed E-state index contributed by atoms with van der Waals surface area (Å²) < 4.78 is 1.94. The lowest BCUT2D eigenvalue weighted by molar-refractivity contribution is -0.116. The first kappa shape index (κ1) is 19.4. The summed E-state index contributed by atoms with van der Waals surface area (Å²) >= 11 is 0. The Morgan fingerprint density at radius 1 is 1.18 bits per heavy atom. The van der Waals surface area contributed by atoms with Gasteiger partial charge in [-0.3, -0.25) is 23.5 Å². The van der Waals surface area contributed by atoms with E-state index in [0.29, 0.717) is 12.2 Å². The first-order chi connectivity index (χ1) is 13.1. The quantitative estimate of drug-likeness (QED) is 0.729. The average molecular weight is 385 g/mol. The van der Waals surface area contributed by atoms with Crippen molar-refractivity contribution in [2.75, 3.05) is 22.5 Å². The number of nitrogens with one attached hydrogen (secondary N) is 1. The lowest BCUT2D eigenvalue weighted by Gasteiger charge is -2.18. The van der Waals surface area contributed by atoms with Gasteiger partial charge in [0.1, 0.15) is 11.4 Å². The number of Topliss-reactive ketones (excluding diaryl/α,β-unsaturated/α-hetero) is 1. The summed E-state index contributed by atoms with van der Waals surface area (Å²) in [6.45, 7) is 3.79. The Bertz CT molecular complexity index is 1100. The summed E-state index contributed by atoms with van der Waals surface area (Å²) in [6.07, 6.45) is 0.737. The maximum Gasteiger partial charge on any atom is 0.332 e. The third-order valence-electron chi connectivity index (χ3n) is 5.09. The molecule has 0 saturated heterocycles. The van der Waals surface area contributed by atoms with Crippen LogP contribution in [-0.4, -0.2) is 33.4 Å². The molecule has 0 fully saturated rings. The van der Waals surface area contributed by atoms with E-state index in [-0.39, 0.29) is 17.3 Å². The number of aromatic nitrogens is 2. The van der Waals surface area contributed by atoms with E-state index in [0.717, 1.165) is 26.8 Å². The molecule has 0 bridgehead atoms. The number of carbonyl (C=O) groups excluding carboxylic acids is 2. The molecule has 0 saturated carbocycles. The molecule has 0 aliphatic carbocycles. The maximum absolute atomic E-state index is 12.9. The third-order valence-corrected chi connectivity index (χ3v) is 5.09. The van der Waals surface area contributed by atoms with Crippen LogP contribution in [0.5, 0.6) is 0 Å².